The molecule has 0 bridgehead atoms. The van der Waals surface area contributed by atoms with Crippen LogP contribution in [0.15, 0.2) is 24.3 Å². The molecular formula is C16H28N2O. The molecule has 0 radical (unpaired) electrons. The van der Waals surface area contributed by atoms with E-state index in [4.69, 9.17) is 0 Å². The van der Waals surface area contributed by atoms with E-state index in [1.54, 1.807) is 0 Å². The highest BCUT2D eigenvalue weighted by Gasteiger charge is 2.22. The van der Waals surface area contributed by atoms with Crippen LogP contribution in [0.2, 0.25) is 0 Å². The Labute approximate surface area is 117 Å². The highest BCUT2D eigenvalue weighted by atomic mass is 16.3. The summed E-state index contributed by atoms with van der Waals surface area (Å²) < 4.78 is 0. The van der Waals surface area contributed by atoms with Crippen molar-refractivity contribution in [3.8, 4) is 0 Å². The monoisotopic (exact) mass is 264 g/mol. The highest BCUT2D eigenvalue weighted by Crippen LogP contribution is 2.19. The Morgan fingerprint density at radius 3 is 2.11 bits per heavy atom. The second-order valence-electron chi connectivity index (χ2n) is 5.52. The highest BCUT2D eigenvalue weighted by molar-refractivity contribution is 5.46. The van der Waals surface area contributed by atoms with Crippen molar-refractivity contribution in [2.75, 3.05) is 25.5 Å². The summed E-state index contributed by atoms with van der Waals surface area (Å²) >= 11 is 0. The van der Waals surface area contributed by atoms with Crippen LogP contribution in [0.5, 0.6) is 0 Å². The fraction of sp³-hybridized carbons (Fsp3) is 0.625. The van der Waals surface area contributed by atoms with Gasteiger partial charge in [-0.3, -0.25) is 0 Å². The van der Waals surface area contributed by atoms with Crippen molar-refractivity contribution >= 4 is 5.69 Å². The zero-order valence-electron chi connectivity index (χ0n) is 12.9. The van der Waals surface area contributed by atoms with Gasteiger partial charge in [0.2, 0.25) is 0 Å². The van der Waals surface area contributed by atoms with Crippen LogP contribution >= 0.6 is 0 Å². The second-order valence-corrected chi connectivity index (χ2v) is 5.52. The van der Waals surface area contributed by atoms with Crippen molar-refractivity contribution in [3.05, 3.63) is 29.8 Å². The smallest absolute Gasteiger partial charge is 0.0766 e. The first-order valence-electron chi connectivity index (χ1n) is 7.15. The van der Waals surface area contributed by atoms with Gasteiger partial charge in [-0.15, -0.1) is 0 Å². The molecule has 1 atom stereocenters. The van der Waals surface area contributed by atoms with E-state index in [9.17, 15) is 5.11 Å². The van der Waals surface area contributed by atoms with Crippen molar-refractivity contribution in [1.29, 1.82) is 0 Å². The first-order valence-corrected chi connectivity index (χ1v) is 7.15. The Balaban J connectivity index is 2.60. The normalized spacial score (nSPS) is 13.4. The molecule has 108 valence electrons. The molecular weight excluding hydrogens is 236 g/mol. The molecule has 19 heavy (non-hydrogen) atoms. The largest absolute Gasteiger partial charge is 0.389 e. The minimum Gasteiger partial charge on any atom is -0.389 e. The topological polar surface area (TPSA) is 35.5 Å². The third-order valence-electron chi connectivity index (χ3n) is 3.96. The zero-order valence-corrected chi connectivity index (χ0v) is 12.9. The Bertz CT molecular complexity index is 369. The van der Waals surface area contributed by atoms with Gasteiger partial charge in [0.05, 0.1) is 5.60 Å². The van der Waals surface area contributed by atoms with Gasteiger partial charge in [0.15, 0.2) is 0 Å². The maximum Gasteiger partial charge on any atom is 0.0766 e. The van der Waals surface area contributed by atoms with E-state index >= 15 is 0 Å². The number of benzene rings is 1. The Morgan fingerprint density at radius 1 is 1.16 bits per heavy atom. The van der Waals surface area contributed by atoms with Gasteiger partial charge in [-0.05, 0) is 37.5 Å². The number of hydrogen-bond acceptors (Lipinski definition) is 3. The molecule has 1 rings (SSSR count). The first-order chi connectivity index (χ1) is 8.91. The summed E-state index contributed by atoms with van der Waals surface area (Å²) in [7, 11) is 4.08. The lowest BCUT2D eigenvalue weighted by Crippen LogP contribution is -2.40. The van der Waals surface area contributed by atoms with Gasteiger partial charge < -0.3 is 15.3 Å². The Kier molecular flexibility index (Phi) is 5.83. The van der Waals surface area contributed by atoms with Crippen molar-refractivity contribution in [1.82, 2.24) is 5.32 Å². The quantitative estimate of drug-likeness (QED) is 0.795. The van der Waals surface area contributed by atoms with Gasteiger partial charge in [-0.1, -0.05) is 26.0 Å². The molecule has 1 unspecified atom stereocenters. The van der Waals surface area contributed by atoms with Crippen LogP contribution in [0.4, 0.5) is 5.69 Å². The van der Waals surface area contributed by atoms with Gasteiger partial charge in [-0.2, -0.15) is 0 Å². The van der Waals surface area contributed by atoms with Crippen LogP contribution in [-0.4, -0.2) is 31.3 Å². The van der Waals surface area contributed by atoms with Crippen LogP contribution in [0.3, 0.4) is 0 Å². The van der Waals surface area contributed by atoms with Gasteiger partial charge in [0, 0.05) is 32.4 Å². The maximum absolute atomic E-state index is 10.3. The lowest BCUT2D eigenvalue weighted by Gasteiger charge is -2.28. The minimum atomic E-state index is -0.585. The maximum atomic E-state index is 10.3. The summed E-state index contributed by atoms with van der Waals surface area (Å²) in [5, 5.41) is 13.7. The van der Waals surface area contributed by atoms with E-state index in [1.807, 2.05) is 27.9 Å². The van der Waals surface area contributed by atoms with E-state index in [0.29, 0.717) is 6.54 Å². The van der Waals surface area contributed by atoms with Crippen LogP contribution in [0.1, 0.15) is 45.2 Å². The first kappa shape index (κ1) is 16.0. The van der Waals surface area contributed by atoms with Crippen LogP contribution in [0.25, 0.3) is 0 Å². The molecule has 0 aliphatic carbocycles. The third kappa shape index (κ3) is 4.51. The lowest BCUT2D eigenvalue weighted by molar-refractivity contribution is 0.0303. The van der Waals surface area contributed by atoms with E-state index in [-0.39, 0.29) is 6.04 Å². The molecule has 3 nitrogen and oxygen atoms in total. The molecule has 1 aromatic rings. The molecule has 0 aliphatic heterocycles. The van der Waals surface area contributed by atoms with Crippen LogP contribution in [-0.2, 0) is 0 Å². The standard InChI is InChI=1S/C16H28N2O/c1-6-16(19,7-2)12-17-13(3)14-8-10-15(11-9-14)18(4)5/h8-11,13,17,19H,6-7,12H2,1-5H3. The molecule has 0 aromatic heterocycles. The van der Waals surface area contributed by atoms with Gasteiger partial charge in [0.1, 0.15) is 0 Å². The number of nitrogens with one attached hydrogen (secondary N) is 1. The summed E-state index contributed by atoms with van der Waals surface area (Å²) in [5.41, 5.74) is 1.87. The second kappa shape index (κ2) is 6.92. The van der Waals surface area contributed by atoms with E-state index in [2.05, 4.69) is 41.4 Å². The molecule has 0 amide bonds. The van der Waals surface area contributed by atoms with Crippen molar-refractivity contribution < 1.29 is 5.11 Å². The zero-order chi connectivity index (χ0) is 14.5. The lowest BCUT2D eigenvalue weighted by atomic mass is 9.96. The van der Waals surface area contributed by atoms with Gasteiger partial charge in [0.25, 0.3) is 0 Å². The fourth-order valence-corrected chi connectivity index (χ4v) is 2.02. The van der Waals surface area contributed by atoms with Gasteiger partial charge >= 0.3 is 0 Å². The summed E-state index contributed by atoms with van der Waals surface area (Å²) in [5.74, 6) is 0. The van der Waals surface area contributed by atoms with Crippen molar-refractivity contribution in [2.24, 2.45) is 0 Å². The molecule has 0 saturated carbocycles. The predicted molar refractivity (Wildman–Crippen MR) is 82.7 cm³/mol. The molecule has 0 spiro atoms. The van der Waals surface area contributed by atoms with Gasteiger partial charge in [-0.25, -0.2) is 0 Å². The molecule has 0 aliphatic rings. The average Bonchev–Trinajstić information content (AvgIpc) is 2.44. The summed E-state index contributed by atoms with van der Waals surface area (Å²) in [6.07, 6.45) is 1.56. The van der Waals surface area contributed by atoms with E-state index in [1.165, 1.54) is 11.3 Å². The third-order valence-corrected chi connectivity index (χ3v) is 3.96. The SMILES string of the molecule is CCC(O)(CC)CNC(C)c1ccc(N(C)C)cc1. The average molecular weight is 264 g/mol. The number of rotatable bonds is 7. The molecule has 2 N–H and O–H groups in total. The summed E-state index contributed by atoms with van der Waals surface area (Å²) in [6, 6.07) is 8.79. The van der Waals surface area contributed by atoms with Crippen LogP contribution in [0, 0.1) is 0 Å². The Hall–Kier alpha value is -1.06. The number of hydrogen-bond donors (Lipinski definition) is 2. The number of anilines is 1. The minimum absolute atomic E-state index is 0.251. The van der Waals surface area contributed by atoms with E-state index < -0.39 is 5.60 Å². The molecule has 1 aromatic carbocycles. The van der Waals surface area contributed by atoms with E-state index in [0.717, 1.165) is 12.8 Å². The molecule has 0 heterocycles. The number of aliphatic hydroxyl groups is 1. The fourth-order valence-electron chi connectivity index (χ4n) is 2.02. The van der Waals surface area contributed by atoms with Crippen LogP contribution < -0.4 is 10.2 Å². The molecule has 0 fully saturated rings. The molecule has 3 heteroatoms. The summed E-state index contributed by atoms with van der Waals surface area (Å²) in [4.78, 5) is 2.09. The Morgan fingerprint density at radius 2 is 1.68 bits per heavy atom. The molecule has 0 saturated heterocycles. The number of nitrogens with zero attached hydrogens (tertiary/aromatic N) is 1. The van der Waals surface area contributed by atoms with Crippen molar-refractivity contribution in [3.63, 3.8) is 0 Å². The van der Waals surface area contributed by atoms with Crippen molar-refractivity contribution in [2.45, 2.75) is 45.3 Å². The summed E-state index contributed by atoms with van der Waals surface area (Å²) in [6.45, 7) is 6.83. The predicted octanol–water partition coefficient (Wildman–Crippen LogP) is 2.95.